The Labute approximate surface area is 122 Å². The maximum Gasteiger partial charge on any atom is 0.249 e. The van der Waals surface area contributed by atoms with E-state index in [1.54, 1.807) is 13.0 Å². The minimum absolute atomic E-state index is 0.0249. The summed E-state index contributed by atoms with van der Waals surface area (Å²) in [6.07, 6.45) is 0.528. The Balaban J connectivity index is 2.05. The van der Waals surface area contributed by atoms with Gasteiger partial charge in [0.1, 0.15) is 11.9 Å². The molecule has 1 aromatic carbocycles. The number of hydrogen-bond donors (Lipinski definition) is 3. The lowest BCUT2D eigenvalue weighted by atomic mass is 10.1. The molecule has 0 saturated heterocycles. The van der Waals surface area contributed by atoms with E-state index in [2.05, 4.69) is 10.6 Å². The van der Waals surface area contributed by atoms with Crippen LogP contribution in [0.15, 0.2) is 18.2 Å². The third-order valence-corrected chi connectivity index (χ3v) is 3.39. The lowest BCUT2D eigenvalue weighted by Crippen LogP contribution is -2.50. The van der Waals surface area contributed by atoms with Crippen LogP contribution in [-0.4, -0.2) is 29.1 Å². The molecule has 0 aromatic heterocycles. The maximum atomic E-state index is 13.7. The van der Waals surface area contributed by atoms with Gasteiger partial charge in [0, 0.05) is 5.92 Å². The Morgan fingerprint density at radius 3 is 2.57 bits per heavy atom. The molecule has 2 unspecified atom stereocenters. The first kappa shape index (κ1) is 15.4. The van der Waals surface area contributed by atoms with Gasteiger partial charge in [-0.3, -0.25) is 9.59 Å². The number of carbonyl (C=O) groups is 2. The largest absolute Gasteiger partial charge is 0.391 e. The van der Waals surface area contributed by atoms with E-state index in [9.17, 15) is 19.1 Å². The Morgan fingerprint density at radius 2 is 2.05 bits per heavy atom. The van der Waals surface area contributed by atoms with Crippen molar-refractivity contribution in [1.82, 2.24) is 5.32 Å². The first-order chi connectivity index (χ1) is 9.88. The molecule has 1 saturated carbocycles. The maximum absolute atomic E-state index is 13.7. The molecule has 1 aromatic rings. The fourth-order valence-corrected chi connectivity index (χ4v) is 1.95. The SMILES string of the molecule is Cc1ccc(NC(=O)C(NC(=O)C2CC2)C(C)O)c(F)c1. The van der Waals surface area contributed by atoms with Crippen molar-refractivity contribution < 1.29 is 19.1 Å². The second kappa shape index (κ2) is 6.22. The van der Waals surface area contributed by atoms with Crippen LogP contribution < -0.4 is 10.6 Å². The Kier molecular flexibility index (Phi) is 4.57. The number of hydrogen-bond acceptors (Lipinski definition) is 3. The molecule has 114 valence electrons. The third-order valence-electron chi connectivity index (χ3n) is 3.39. The van der Waals surface area contributed by atoms with E-state index < -0.39 is 23.9 Å². The van der Waals surface area contributed by atoms with Crippen LogP contribution in [0, 0.1) is 18.7 Å². The summed E-state index contributed by atoms with van der Waals surface area (Å²) in [6.45, 7) is 3.14. The summed E-state index contributed by atoms with van der Waals surface area (Å²) in [5.74, 6) is -1.52. The second-order valence-electron chi connectivity index (χ2n) is 5.47. The Bertz CT molecular complexity index is 556. The van der Waals surface area contributed by atoms with Crippen LogP contribution in [0.1, 0.15) is 25.3 Å². The summed E-state index contributed by atoms with van der Waals surface area (Å²) >= 11 is 0. The molecule has 0 aliphatic heterocycles. The van der Waals surface area contributed by atoms with E-state index in [0.29, 0.717) is 0 Å². The van der Waals surface area contributed by atoms with Gasteiger partial charge in [0.05, 0.1) is 11.8 Å². The van der Waals surface area contributed by atoms with Crippen LogP contribution in [0.2, 0.25) is 0 Å². The van der Waals surface area contributed by atoms with Crippen molar-refractivity contribution in [3.05, 3.63) is 29.6 Å². The quantitative estimate of drug-likeness (QED) is 0.767. The summed E-state index contributed by atoms with van der Waals surface area (Å²) in [6, 6.07) is 3.32. The van der Waals surface area contributed by atoms with Crippen LogP contribution >= 0.6 is 0 Å². The van der Waals surface area contributed by atoms with Crippen molar-refractivity contribution >= 4 is 17.5 Å². The number of aliphatic hydroxyl groups is 1. The highest BCUT2D eigenvalue weighted by molar-refractivity contribution is 5.98. The van der Waals surface area contributed by atoms with Gasteiger partial charge in [-0.25, -0.2) is 4.39 Å². The molecule has 5 nitrogen and oxygen atoms in total. The molecule has 0 heterocycles. The van der Waals surface area contributed by atoms with Gasteiger partial charge >= 0.3 is 0 Å². The number of anilines is 1. The van der Waals surface area contributed by atoms with Gasteiger partial charge in [0.2, 0.25) is 11.8 Å². The highest BCUT2D eigenvalue weighted by atomic mass is 19.1. The van der Waals surface area contributed by atoms with E-state index >= 15 is 0 Å². The highest BCUT2D eigenvalue weighted by Crippen LogP contribution is 2.29. The predicted molar refractivity (Wildman–Crippen MR) is 76.1 cm³/mol. The van der Waals surface area contributed by atoms with Crippen molar-refractivity contribution in [3.8, 4) is 0 Å². The number of amides is 2. The minimum Gasteiger partial charge on any atom is -0.391 e. The third kappa shape index (κ3) is 4.01. The van der Waals surface area contributed by atoms with Crippen molar-refractivity contribution in [1.29, 1.82) is 0 Å². The molecule has 1 aliphatic carbocycles. The van der Waals surface area contributed by atoms with E-state index in [1.165, 1.54) is 19.1 Å². The standard InChI is InChI=1S/C15H19FN2O3/c1-8-3-6-12(11(16)7-8)17-15(21)13(9(2)19)18-14(20)10-4-5-10/h3,6-7,9-10,13,19H,4-5H2,1-2H3,(H,17,21)(H,18,20). The smallest absolute Gasteiger partial charge is 0.249 e. The lowest BCUT2D eigenvalue weighted by Gasteiger charge is -2.21. The first-order valence-corrected chi connectivity index (χ1v) is 6.94. The molecule has 0 spiro atoms. The summed E-state index contributed by atoms with van der Waals surface area (Å²) in [5, 5.41) is 14.6. The first-order valence-electron chi connectivity index (χ1n) is 6.94. The van der Waals surface area contributed by atoms with E-state index in [4.69, 9.17) is 0 Å². The summed E-state index contributed by atoms with van der Waals surface area (Å²) in [5.41, 5.74) is 0.761. The molecule has 1 aliphatic rings. The molecule has 6 heteroatoms. The number of aryl methyl sites for hydroxylation is 1. The van der Waals surface area contributed by atoms with Gasteiger partial charge in [0.15, 0.2) is 0 Å². The molecule has 3 N–H and O–H groups in total. The highest BCUT2D eigenvalue weighted by Gasteiger charge is 2.34. The zero-order chi connectivity index (χ0) is 15.6. The average molecular weight is 294 g/mol. The van der Waals surface area contributed by atoms with Gasteiger partial charge in [-0.1, -0.05) is 6.07 Å². The van der Waals surface area contributed by atoms with Crippen LogP contribution in [-0.2, 0) is 9.59 Å². The Hall–Kier alpha value is -1.95. The number of carbonyl (C=O) groups excluding carboxylic acids is 2. The normalized spacial score (nSPS) is 17.0. The molecule has 1 fully saturated rings. The summed E-state index contributed by atoms with van der Waals surface area (Å²) in [7, 11) is 0. The van der Waals surface area contributed by atoms with Gasteiger partial charge in [-0.15, -0.1) is 0 Å². The number of nitrogens with one attached hydrogen (secondary N) is 2. The molecular weight excluding hydrogens is 275 g/mol. The number of benzene rings is 1. The van der Waals surface area contributed by atoms with Gasteiger partial charge in [0.25, 0.3) is 0 Å². The van der Waals surface area contributed by atoms with Crippen molar-refractivity contribution in [2.75, 3.05) is 5.32 Å². The molecule has 0 bridgehead atoms. The van der Waals surface area contributed by atoms with Gasteiger partial charge in [-0.2, -0.15) is 0 Å². The fraction of sp³-hybridized carbons (Fsp3) is 0.467. The van der Waals surface area contributed by atoms with Crippen LogP contribution in [0.5, 0.6) is 0 Å². The molecule has 2 amide bonds. The molecular formula is C15H19FN2O3. The second-order valence-corrected chi connectivity index (χ2v) is 5.47. The van der Waals surface area contributed by atoms with E-state index in [1.807, 2.05) is 0 Å². The zero-order valence-electron chi connectivity index (χ0n) is 12.0. The van der Waals surface area contributed by atoms with Crippen LogP contribution in [0.25, 0.3) is 0 Å². The molecule has 2 rings (SSSR count). The average Bonchev–Trinajstić information content (AvgIpc) is 3.22. The van der Waals surface area contributed by atoms with Crippen LogP contribution in [0.4, 0.5) is 10.1 Å². The van der Waals surface area contributed by atoms with Crippen molar-refractivity contribution in [3.63, 3.8) is 0 Å². The summed E-state index contributed by atoms with van der Waals surface area (Å²) in [4.78, 5) is 23.8. The van der Waals surface area contributed by atoms with Crippen LogP contribution in [0.3, 0.4) is 0 Å². The monoisotopic (exact) mass is 294 g/mol. The number of aliphatic hydroxyl groups excluding tert-OH is 1. The molecule has 21 heavy (non-hydrogen) atoms. The minimum atomic E-state index is -1.10. The van der Waals surface area contributed by atoms with Crippen molar-refractivity contribution in [2.45, 2.75) is 38.8 Å². The van der Waals surface area contributed by atoms with E-state index in [0.717, 1.165) is 18.4 Å². The molecule has 2 atom stereocenters. The van der Waals surface area contributed by atoms with Gasteiger partial charge < -0.3 is 15.7 Å². The lowest BCUT2D eigenvalue weighted by molar-refractivity contribution is -0.129. The Morgan fingerprint density at radius 1 is 1.38 bits per heavy atom. The zero-order valence-corrected chi connectivity index (χ0v) is 12.0. The van der Waals surface area contributed by atoms with Gasteiger partial charge in [-0.05, 0) is 44.4 Å². The number of rotatable bonds is 5. The van der Waals surface area contributed by atoms with Crippen molar-refractivity contribution in [2.24, 2.45) is 5.92 Å². The molecule has 0 radical (unpaired) electrons. The van der Waals surface area contributed by atoms with E-state index in [-0.39, 0.29) is 17.5 Å². The predicted octanol–water partition coefficient (Wildman–Crippen LogP) is 1.35. The topological polar surface area (TPSA) is 78.4 Å². The number of halogens is 1. The summed E-state index contributed by atoms with van der Waals surface area (Å²) < 4.78 is 13.7. The fourth-order valence-electron chi connectivity index (χ4n) is 1.95.